The Morgan fingerprint density at radius 2 is 1.62 bits per heavy atom. The summed E-state index contributed by atoms with van der Waals surface area (Å²) in [6, 6.07) is 27.4. The summed E-state index contributed by atoms with van der Waals surface area (Å²) in [5.74, 6) is 1.09. The Bertz CT molecular complexity index is 1460. The maximum absolute atomic E-state index is 12.2. The summed E-state index contributed by atoms with van der Waals surface area (Å²) in [7, 11) is -1.05. The molecule has 1 aliphatic carbocycles. The van der Waals surface area contributed by atoms with Gasteiger partial charge in [0.1, 0.15) is 17.7 Å². The van der Waals surface area contributed by atoms with Crippen LogP contribution in [0.1, 0.15) is 71.4 Å². The number of hydrogen-bond donors (Lipinski definition) is 3. The van der Waals surface area contributed by atoms with Gasteiger partial charge in [0.25, 0.3) is 8.32 Å². The molecule has 240 valence electrons. The van der Waals surface area contributed by atoms with Crippen molar-refractivity contribution in [1.82, 2.24) is 5.32 Å². The summed E-state index contributed by atoms with van der Waals surface area (Å²) in [5.41, 5.74) is 7.43. The van der Waals surface area contributed by atoms with Gasteiger partial charge in [-0.05, 0) is 85.1 Å². The quantitative estimate of drug-likeness (QED) is 0.155. The number of aryl methyl sites for hydroxylation is 1. The van der Waals surface area contributed by atoms with E-state index in [4.69, 9.17) is 25.0 Å². The number of ether oxygens (including phenoxy) is 2. The number of methoxy groups -OCH3 is 1. The van der Waals surface area contributed by atoms with Crippen LogP contribution in [0, 0.1) is 5.41 Å². The van der Waals surface area contributed by atoms with E-state index in [1.54, 1.807) is 14.0 Å². The summed E-state index contributed by atoms with van der Waals surface area (Å²) >= 11 is 0. The molecule has 8 heteroatoms. The minimum atomic E-state index is -2.60. The van der Waals surface area contributed by atoms with Crippen LogP contribution in [0.5, 0.6) is 5.75 Å². The Morgan fingerprint density at radius 1 is 1.02 bits per heavy atom. The molecule has 2 atom stereocenters. The summed E-state index contributed by atoms with van der Waals surface area (Å²) < 4.78 is 18.8. The molecule has 4 N–H and O–H groups in total. The first-order valence-corrected chi connectivity index (χ1v) is 18.0. The molecule has 0 spiro atoms. The van der Waals surface area contributed by atoms with Gasteiger partial charge in [-0.2, -0.15) is 0 Å². The number of hydrogen-bond acceptors (Lipinski definition) is 6. The Morgan fingerprint density at radius 3 is 2.16 bits per heavy atom. The van der Waals surface area contributed by atoms with Crippen LogP contribution in [0.2, 0.25) is 5.04 Å². The van der Waals surface area contributed by atoms with Gasteiger partial charge in [0.2, 0.25) is 0 Å². The maximum atomic E-state index is 12.2. The third-order valence-electron chi connectivity index (χ3n) is 10.0. The van der Waals surface area contributed by atoms with Gasteiger partial charge in [0, 0.05) is 30.9 Å². The first-order valence-electron chi connectivity index (χ1n) is 16.1. The van der Waals surface area contributed by atoms with E-state index in [1.165, 1.54) is 17.3 Å². The Balaban J connectivity index is 1.19. The van der Waals surface area contributed by atoms with E-state index in [-0.39, 0.29) is 28.5 Å². The predicted molar refractivity (Wildman–Crippen MR) is 183 cm³/mol. The van der Waals surface area contributed by atoms with E-state index < -0.39 is 13.9 Å². The molecule has 45 heavy (non-hydrogen) atoms. The van der Waals surface area contributed by atoms with E-state index in [0.717, 1.165) is 42.6 Å². The number of carbonyl (C=O) groups excluding carboxylic acids is 1. The van der Waals surface area contributed by atoms with Crippen LogP contribution >= 0.6 is 0 Å². The molecule has 1 aliphatic heterocycles. The van der Waals surface area contributed by atoms with Crippen molar-refractivity contribution >= 4 is 30.3 Å². The summed E-state index contributed by atoms with van der Waals surface area (Å²) in [6.45, 7) is 10.8. The molecule has 7 nitrogen and oxygen atoms in total. The van der Waals surface area contributed by atoms with Crippen molar-refractivity contribution in [1.29, 1.82) is 5.41 Å². The molecule has 3 aromatic carbocycles. The fourth-order valence-electron chi connectivity index (χ4n) is 7.12. The number of rotatable bonds is 11. The van der Waals surface area contributed by atoms with E-state index >= 15 is 0 Å². The molecule has 0 saturated heterocycles. The number of nitrogens with one attached hydrogen (secondary N) is 2. The second-order valence-corrected chi connectivity index (χ2v) is 18.4. The SMILES string of the molecule is CO[C@](C)(C(C)=O)[C@H]1CCc2cc(C(=N)N[C@H]3C[C@](N)(CCO[Si](c4ccccc4)(c4ccccc4)C(C)(C)C)C3)ccc2O1. The lowest BCUT2D eigenvalue weighted by atomic mass is 9.71. The fourth-order valence-corrected chi connectivity index (χ4v) is 11.7. The lowest BCUT2D eigenvalue weighted by molar-refractivity contribution is -0.149. The molecule has 0 unspecified atom stereocenters. The maximum Gasteiger partial charge on any atom is 0.261 e. The molecular formula is C37H49N3O4Si. The van der Waals surface area contributed by atoms with Crippen LogP contribution in [-0.4, -0.2) is 56.9 Å². The number of Topliss-reactive ketones (excluding diaryl/α,β-unsaturated/α-hetero) is 1. The van der Waals surface area contributed by atoms with Gasteiger partial charge in [0.05, 0.1) is 0 Å². The van der Waals surface area contributed by atoms with Crippen molar-refractivity contribution in [3.05, 3.63) is 90.0 Å². The van der Waals surface area contributed by atoms with Crippen LogP contribution < -0.4 is 26.2 Å². The van der Waals surface area contributed by atoms with Gasteiger partial charge in [0.15, 0.2) is 11.4 Å². The van der Waals surface area contributed by atoms with Crippen molar-refractivity contribution in [2.75, 3.05) is 13.7 Å². The van der Waals surface area contributed by atoms with Gasteiger partial charge in [-0.1, -0.05) is 81.4 Å². The largest absolute Gasteiger partial charge is 0.487 e. The number of nitrogens with two attached hydrogens (primary N) is 1. The van der Waals surface area contributed by atoms with Gasteiger partial charge < -0.3 is 25.0 Å². The topological polar surface area (TPSA) is 107 Å². The molecule has 0 amide bonds. The lowest BCUT2D eigenvalue weighted by Crippen LogP contribution is -2.67. The van der Waals surface area contributed by atoms with Crippen LogP contribution in [0.25, 0.3) is 0 Å². The van der Waals surface area contributed by atoms with Crippen molar-refractivity contribution in [3.8, 4) is 5.75 Å². The Labute approximate surface area is 269 Å². The second-order valence-electron chi connectivity index (χ2n) is 14.1. The highest BCUT2D eigenvalue weighted by atomic mass is 28.4. The second kappa shape index (κ2) is 12.8. The highest BCUT2D eigenvalue weighted by molar-refractivity contribution is 6.99. The predicted octanol–water partition coefficient (Wildman–Crippen LogP) is 5.12. The van der Waals surface area contributed by atoms with Crippen molar-refractivity contribution < 1.29 is 18.7 Å². The number of amidine groups is 1. The number of carbonyl (C=O) groups is 1. The van der Waals surface area contributed by atoms with Crippen LogP contribution in [0.3, 0.4) is 0 Å². The molecule has 3 aromatic rings. The normalized spacial score (nSPS) is 22.7. The monoisotopic (exact) mass is 627 g/mol. The third-order valence-corrected chi connectivity index (χ3v) is 15.1. The first-order chi connectivity index (χ1) is 21.3. The van der Waals surface area contributed by atoms with Crippen LogP contribution in [-0.2, 0) is 20.4 Å². The molecule has 1 saturated carbocycles. The average molecular weight is 628 g/mol. The highest BCUT2D eigenvalue weighted by Crippen LogP contribution is 2.39. The third kappa shape index (κ3) is 6.52. The minimum absolute atomic E-state index is 0.0490. The average Bonchev–Trinajstić information content (AvgIpc) is 3.01. The van der Waals surface area contributed by atoms with E-state index in [9.17, 15) is 4.79 Å². The van der Waals surface area contributed by atoms with E-state index in [1.807, 2.05) is 18.2 Å². The molecular weight excluding hydrogens is 579 g/mol. The minimum Gasteiger partial charge on any atom is -0.487 e. The number of ketones is 1. The summed E-state index contributed by atoms with van der Waals surface area (Å²) in [5, 5.41) is 14.6. The van der Waals surface area contributed by atoms with Gasteiger partial charge in [-0.25, -0.2) is 0 Å². The van der Waals surface area contributed by atoms with E-state index in [0.29, 0.717) is 18.9 Å². The van der Waals surface area contributed by atoms with Crippen LogP contribution in [0.15, 0.2) is 78.9 Å². The first kappa shape index (κ1) is 33.1. The van der Waals surface area contributed by atoms with E-state index in [2.05, 4.69) is 86.8 Å². The number of benzene rings is 3. The standard InChI is InChI=1S/C37H49N3O4Si/c1-26(41)36(5,42-6)33-20-18-27-23-28(17-19-32(27)44-33)34(38)40-29-24-37(39,25-29)21-22-43-45(35(2,3)4,30-13-9-7-10-14-30)31-15-11-8-12-16-31/h7-17,19,23,29,33H,18,20-22,24-25,39H2,1-6H3,(H2,38,40)/t29-,33-,36-,37+/m1/s1. The number of fused-ring (bicyclic) bond motifs is 1. The zero-order valence-corrected chi connectivity index (χ0v) is 28.6. The Hall–Kier alpha value is -3.30. The highest BCUT2D eigenvalue weighted by Gasteiger charge is 2.51. The lowest BCUT2D eigenvalue weighted by Gasteiger charge is -2.47. The van der Waals surface area contributed by atoms with Crippen molar-refractivity contribution in [3.63, 3.8) is 0 Å². The zero-order chi connectivity index (χ0) is 32.5. The molecule has 2 aliphatic rings. The Kier molecular flexibility index (Phi) is 9.43. The molecule has 5 rings (SSSR count). The summed E-state index contributed by atoms with van der Waals surface area (Å²) in [4.78, 5) is 12.2. The van der Waals surface area contributed by atoms with Crippen molar-refractivity contribution in [2.24, 2.45) is 5.73 Å². The van der Waals surface area contributed by atoms with Crippen LogP contribution in [0.4, 0.5) is 0 Å². The molecule has 0 radical (unpaired) electrons. The molecule has 1 fully saturated rings. The van der Waals surface area contributed by atoms with Gasteiger partial charge in [-0.15, -0.1) is 0 Å². The summed E-state index contributed by atoms with van der Waals surface area (Å²) in [6.07, 6.45) is 3.43. The molecule has 0 bridgehead atoms. The molecule has 0 aromatic heterocycles. The van der Waals surface area contributed by atoms with Gasteiger partial charge in [-0.3, -0.25) is 10.2 Å². The molecule has 1 heterocycles. The smallest absolute Gasteiger partial charge is 0.261 e. The van der Waals surface area contributed by atoms with Crippen molar-refractivity contribution in [2.45, 2.75) is 95.0 Å². The van der Waals surface area contributed by atoms with Gasteiger partial charge >= 0.3 is 0 Å². The zero-order valence-electron chi connectivity index (χ0n) is 27.6. The fraction of sp³-hybridized carbons (Fsp3) is 0.459.